The topological polar surface area (TPSA) is 37.8 Å². The summed E-state index contributed by atoms with van der Waals surface area (Å²) in [5, 5.41) is 6.72. The van der Waals surface area contributed by atoms with E-state index in [1.54, 1.807) is 17.7 Å². The molecule has 2 aromatic heterocycles. The minimum atomic E-state index is 0.328. The second-order valence-corrected chi connectivity index (χ2v) is 7.75. The molecule has 0 unspecified atom stereocenters. The highest BCUT2D eigenvalue weighted by molar-refractivity contribution is 8.01. The smallest absolute Gasteiger partial charge is 0.138 e. The number of benzene rings is 1. The molecule has 0 atom stereocenters. The van der Waals surface area contributed by atoms with Gasteiger partial charge in [0, 0.05) is 16.2 Å². The summed E-state index contributed by atoms with van der Waals surface area (Å²) < 4.78 is 0.328. The number of anilines is 1. The van der Waals surface area contributed by atoms with Crippen LogP contribution in [-0.2, 0) is 0 Å². The van der Waals surface area contributed by atoms with E-state index >= 15 is 0 Å². The number of hydrogen-bond donors (Lipinski definition) is 1. The Labute approximate surface area is 131 Å². The van der Waals surface area contributed by atoms with E-state index in [2.05, 4.69) is 57.1 Å². The molecule has 21 heavy (non-hydrogen) atoms. The number of nitrogens with zero attached hydrogens (tertiary/aromatic N) is 2. The first-order valence-electron chi connectivity index (χ1n) is 7.01. The van der Waals surface area contributed by atoms with E-state index in [4.69, 9.17) is 0 Å². The number of nitrogens with one attached hydrogen (secondary N) is 1. The third kappa shape index (κ3) is 2.76. The van der Waals surface area contributed by atoms with Gasteiger partial charge in [0.2, 0.25) is 0 Å². The van der Waals surface area contributed by atoms with Gasteiger partial charge in [-0.15, -0.1) is 23.1 Å². The van der Waals surface area contributed by atoms with E-state index in [0.29, 0.717) is 4.75 Å². The van der Waals surface area contributed by atoms with Gasteiger partial charge >= 0.3 is 0 Å². The van der Waals surface area contributed by atoms with Crippen molar-refractivity contribution in [2.24, 2.45) is 0 Å². The van der Waals surface area contributed by atoms with E-state index in [9.17, 15) is 0 Å². The van der Waals surface area contributed by atoms with Crippen LogP contribution in [0.3, 0.4) is 0 Å². The molecule has 2 heterocycles. The Balaban J connectivity index is 1.48. The molecule has 1 saturated carbocycles. The van der Waals surface area contributed by atoms with Crippen molar-refractivity contribution < 1.29 is 0 Å². The van der Waals surface area contributed by atoms with Crippen LogP contribution in [0.1, 0.15) is 12.8 Å². The van der Waals surface area contributed by atoms with Crippen molar-refractivity contribution in [3.8, 4) is 0 Å². The fraction of sp³-hybridized carbons (Fsp3) is 0.250. The summed E-state index contributed by atoms with van der Waals surface area (Å²) in [6, 6.07) is 12.7. The quantitative estimate of drug-likeness (QED) is 0.756. The molecule has 1 aliphatic rings. The fourth-order valence-electron chi connectivity index (χ4n) is 2.37. The zero-order chi connectivity index (χ0) is 14.1. The van der Waals surface area contributed by atoms with Crippen LogP contribution in [0.5, 0.6) is 0 Å². The lowest BCUT2D eigenvalue weighted by molar-refractivity contribution is 0.937. The Morgan fingerprint density at radius 1 is 1.14 bits per heavy atom. The van der Waals surface area contributed by atoms with Crippen molar-refractivity contribution in [1.82, 2.24) is 9.97 Å². The number of hydrogen-bond acceptors (Lipinski definition) is 5. The van der Waals surface area contributed by atoms with Crippen molar-refractivity contribution in [3.63, 3.8) is 0 Å². The Morgan fingerprint density at radius 2 is 2.00 bits per heavy atom. The summed E-state index contributed by atoms with van der Waals surface area (Å²) in [5.41, 5.74) is 0. The third-order valence-electron chi connectivity index (χ3n) is 3.72. The van der Waals surface area contributed by atoms with Crippen LogP contribution in [0.4, 0.5) is 5.82 Å². The highest BCUT2D eigenvalue weighted by Crippen LogP contribution is 2.51. The van der Waals surface area contributed by atoms with Gasteiger partial charge in [-0.25, -0.2) is 9.97 Å². The maximum Gasteiger partial charge on any atom is 0.138 e. The molecule has 3 aromatic rings. The number of fused-ring (bicyclic) bond motifs is 1. The average Bonchev–Trinajstić information content (AvgIpc) is 3.10. The SMILES string of the molecule is c1ccc(SC2(CNc3ncnc4sccc34)CC2)cc1. The summed E-state index contributed by atoms with van der Waals surface area (Å²) in [7, 11) is 0. The van der Waals surface area contributed by atoms with E-state index in [1.165, 1.54) is 17.7 Å². The first-order chi connectivity index (χ1) is 10.3. The average molecular weight is 313 g/mol. The van der Waals surface area contributed by atoms with Gasteiger partial charge in [-0.3, -0.25) is 0 Å². The summed E-state index contributed by atoms with van der Waals surface area (Å²) in [6.07, 6.45) is 4.17. The van der Waals surface area contributed by atoms with E-state index in [1.807, 2.05) is 11.8 Å². The molecule has 0 radical (unpaired) electrons. The van der Waals surface area contributed by atoms with Gasteiger partial charge in [0.1, 0.15) is 17.0 Å². The van der Waals surface area contributed by atoms with Gasteiger partial charge < -0.3 is 5.32 Å². The van der Waals surface area contributed by atoms with Crippen LogP contribution in [0.25, 0.3) is 10.2 Å². The molecule has 0 spiro atoms. The summed E-state index contributed by atoms with van der Waals surface area (Å²) in [4.78, 5) is 11.1. The molecule has 1 fully saturated rings. The van der Waals surface area contributed by atoms with Crippen LogP contribution in [0.2, 0.25) is 0 Å². The van der Waals surface area contributed by atoms with Crippen LogP contribution >= 0.6 is 23.1 Å². The monoisotopic (exact) mass is 313 g/mol. The molecular formula is C16H15N3S2. The van der Waals surface area contributed by atoms with Gasteiger partial charge in [0.05, 0.1) is 5.39 Å². The summed E-state index contributed by atoms with van der Waals surface area (Å²) in [5.74, 6) is 0.959. The molecule has 0 amide bonds. The lowest BCUT2D eigenvalue weighted by atomic mass is 10.3. The molecule has 5 heteroatoms. The molecule has 0 aliphatic heterocycles. The Kier molecular flexibility index (Phi) is 3.31. The first kappa shape index (κ1) is 13.1. The van der Waals surface area contributed by atoms with Gasteiger partial charge in [-0.2, -0.15) is 0 Å². The molecule has 1 N–H and O–H groups in total. The highest BCUT2D eigenvalue weighted by Gasteiger charge is 2.43. The highest BCUT2D eigenvalue weighted by atomic mass is 32.2. The number of thiophene rings is 1. The normalized spacial score (nSPS) is 16.0. The van der Waals surface area contributed by atoms with Gasteiger partial charge in [0.15, 0.2) is 0 Å². The van der Waals surface area contributed by atoms with Crippen molar-refractivity contribution in [3.05, 3.63) is 48.1 Å². The third-order valence-corrected chi connectivity index (χ3v) is 6.04. The van der Waals surface area contributed by atoms with Gasteiger partial charge in [-0.1, -0.05) is 18.2 Å². The van der Waals surface area contributed by atoms with Crippen LogP contribution < -0.4 is 5.32 Å². The van der Waals surface area contributed by atoms with Crippen molar-refractivity contribution in [2.45, 2.75) is 22.5 Å². The maximum absolute atomic E-state index is 4.39. The maximum atomic E-state index is 4.39. The number of rotatable bonds is 5. The van der Waals surface area contributed by atoms with Gasteiger partial charge in [0.25, 0.3) is 0 Å². The Morgan fingerprint density at radius 3 is 2.81 bits per heavy atom. The van der Waals surface area contributed by atoms with E-state index in [-0.39, 0.29) is 0 Å². The molecule has 0 bridgehead atoms. The van der Waals surface area contributed by atoms with Crippen LogP contribution in [-0.4, -0.2) is 21.3 Å². The van der Waals surface area contributed by atoms with Crippen molar-refractivity contribution in [1.29, 1.82) is 0 Å². The largest absolute Gasteiger partial charge is 0.368 e. The van der Waals surface area contributed by atoms with Crippen molar-refractivity contribution in [2.75, 3.05) is 11.9 Å². The lowest BCUT2D eigenvalue weighted by Crippen LogP contribution is -2.18. The Bertz CT molecular complexity index is 750. The van der Waals surface area contributed by atoms with Crippen LogP contribution in [0.15, 0.2) is 53.0 Å². The fourth-order valence-corrected chi connectivity index (χ4v) is 4.35. The zero-order valence-corrected chi connectivity index (χ0v) is 13.1. The second kappa shape index (κ2) is 5.31. The molecule has 106 valence electrons. The first-order valence-corrected chi connectivity index (χ1v) is 8.70. The number of aromatic nitrogens is 2. The second-order valence-electron chi connectivity index (χ2n) is 5.31. The molecule has 3 nitrogen and oxygen atoms in total. The standard InChI is InChI=1S/C16H15N3S2/c1-2-4-12(5-3-1)21-16(7-8-16)10-17-14-13-6-9-20-15(13)19-11-18-14/h1-6,9,11H,7-8,10H2,(H,17,18,19). The Hall–Kier alpha value is -1.59. The minimum absolute atomic E-state index is 0.328. The molecule has 4 rings (SSSR count). The van der Waals surface area contributed by atoms with Crippen molar-refractivity contribution >= 4 is 39.1 Å². The van der Waals surface area contributed by atoms with Crippen LogP contribution in [0, 0.1) is 0 Å². The summed E-state index contributed by atoms with van der Waals surface area (Å²) >= 11 is 3.64. The molecular weight excluding hydrogens is 298 g/mol. The minimum Gasteiger partial charge on any atom is -0.368 e. The van der Waals surface area contributed by atoms with E-state index < -0.39 is 0 Å². The van der Waals surface area contributed by atoms with Gasteiger partial charge in [-0.05, 0) is 36.4 Å². The zero-order valence-electron chi connectivity index (χ0n) is 11.5. The molecule has 1 aromatic carbocycles. The molecule has 0 saturated heterocycles. The number of thioether (sulfide) groups is 1. The summed E-state index contributed by atoms with van der Waals surface area (Å²) in [6.45, 7) is 0.953. The molecule has 1 aliphatic carbocycles. The lowest BCUT2D eigenvalue weighted by Gasteiger charge is -2.16. The van der Waals surface area contributed by atoms with E-state index in [0.717, 1.165) is 22.6 Å². The predicted molar refractivity (Wildman–Crippen MR) is 90.2 cm³/mol. The predicted octanol–water partition coefficient (Wildman–Crippen LogP) is 4.43.